The van der Waals surface area contributed by atoms with Crippen molar-refractivity contribution in [1.29, 1.82) is 0 Å². The fraction of sp³-hybridized carbons (Fsp3) is 0.222. The summed E-state index contributed by atoms with van der Waals surface area (Å²) < 4.78 is 5.32. The lowest BCUT2D eigenvalue weighted by Crippen LogP contribution is -2.29. The third-order valence-electron chi connectivity index (χ3n) is 5.79. The highest BCUT2D eigenvalue weighted by Gasteiger charge is 2.52. The van der Waals surface area contributed by atoms with Gasteiger partial charge in [-0.25, -0.2) is 0 Å². The molecule has 0 atom stereocenters. The first kappa shape index (κ1) is 22.3. The maximum atomic E-state index is 12.7. The third-order valence-corrected chi connectivity index (χ3v) is 5.79. The van der Waals surface area contributed by atoms with E-state index in [-0.39, 0.29) is 5.91 Å². The maximum Gasteiger partial charge on any atom is 0.317 e. The lowest BCUT2D eigenvalue weighted by atomic mass is 9.96. The number of anilines is 1. The average Bonchev–Trinajstić information content (AvgIpc) is 3.66. The van der Waals surface area contributed by atoms with Crippen molar-refractivity contribution < 1.29 is 19.1 Å². The molecule has 3 aromatic rings. The molecular formula is C27H26N2O4. The van der Waals surface area contributed by atoms with Crippen LogP contribution in [0.5, 0.6) is 0 Å². The van der Waals surface area contributed by atoms with Crippen molar-refractivity contribution in [3.63, 3.8) is 0 Å². The van der Waals surface area contributed by atoms with Crippen LogP contribution in [0.4, 0.5) is 5.69 Å². The minimum Gasteiger partial charge on any atom is -0.455 e. The van der Waals surface area contributed by atoms with Crippen molar-refractivity contribution in [1.82, 2.24) is 5.32 Å². The highest BCUT2D eigenvalue weighted by atomic mass is 16.5. The quantitative estimate of drug-likeness (QED) is 0.493. The van der Waals surface area contributed by atoms with E-state index < -0.39 is 23.9 Å². The van der Waals surface area contributed by atoms with Gasteiger partial charge in [-0.15, -0.1) is 0 Å². The van der Waals surface area contributed by atoms with Crippen LogP contribution in [-0.4, -0.2) is 30.9 Å². The number of esters is 1. The number of hydrogen-bond donors (Lipinski definition) is 2. The Labute approximate surface area is 193 Å². The molecule has 0 unspecified atom stereocenters. The van der Waals surface area contributed by atoms with E-state index in [0.29, 0.717) is 37.1 Å². The highest BCUT2D eigenvalue weighted by Crippen LogP contribution is 2.49. The van der Waals surface area contributed by atoms with Crippen molar-refractivity contribution in [2.45, 2.75) is 24.7 Å². The largest absolute Gasteiger partial charge is 0.455 e. The minimum atomic E-state index is -0.641. The molecule has 1 aliphatic carbocycles. The molecule has 0 saturated heterocycles. The van der Waals surface area contributed by atoms with Crippen LogP contribution < -0.4 is 10.6 Å². The summed E-state index contributed by atoms with van der Waals surface area (Å²) in [5.41, 5.74) is 2.13. The minimum absolute atomic E-state index is 0.278. The van der Waals surface area contributed by atoms with Crippen LogP contribution in [0.2, 0.25) is 0 Å². The first-order valence-corrected chi connectivity index (χ1v) is 11.0. The van der Waals surface area contributed by atoms with Gasteiger partial charge >= 0.3 is 5.97 Å². The van der Waals surface area contributed by atoms with Crippen molar-refractivity contribution in [2.75, 3.05) is 18.5 Å². The van der Waals surface area contributed by atoms with E-state index >= 15 is 0 Å². The molecule has 6 nitrogen and oxygen atoms in total. The molecule has 33 heavy (non-hydrogen) atoms. The molecule has 2 N–H and O–H groups in total. The van der Waals surface area contributed by atoms with Gasteiger partial charge in [0.1, 0.15) is 0 Å². The van der Waals surface area contributed by atoms with Gasteiger partial charge in [0.15, 0.2) is 6.61 Å². The molecule has 0 radical (unpaired) electrons. The van der Waals surface area contributed by atoms with Gasteiger partial charge in [-0.05, 0) is 42.5 Å². The van der Waals surface area contributed by atoms with E-state index in [9.17, 15) is 14.4 Å². The first-order chi connectivity index (χ1) is 16.1. The monoisotopic (exact) mass is 442 g/mol. The summed E-state index contributed by atoms with van der Waals surface area (Å²) in [7, 11) is 0. The zero-order chi connectivity index (χ0) is 23.1. The zero-order valence-corrected chi connectivity index (χ0v) is 18.3. The molecule has 2 amide bonds. The lowest BCUT2D eigenvalue weighted by Gasteiger charge is -2.15. The Bertz CT molecular complexity index is 1130. The van der Waals surface area contributed by atoms with Crippen LogP contribution in [0.25, 0.3) is 0 Å². The van der Waals surface area contributed by atoms with Gasteiger partial charge in [0, 0.05) is 6.54 Å². The van der Waals surface area contributed by atoms with Crippen LogP contribution >= 0.6 is 0 Å². The molecule has 1 aliphatic rings. The summed E-state index contributed by atoms with van der Waals surface area (Å²) in [6.45, 7) is 0.0711. The van der Waals surface area contributed by atoms with E-state index in [0.717, 1.165) is 11.1 Å². The molecule has 0 bridgehead atoms. The van der Waals surface area contributed by atoms with E-state index in [1.54, 1.807) is 24.3 Å². The molecule has 0 heterocycles. The molecular weight excluding hydrogens is 416 g/mol. The second kappa shape index (κ2) is 10.1. The molecule has 1 fully saturated rings. The van der Waals surface area contributed by atoms with Crippen molar-refractivity contribution in [3.05, 3.63) is 102 Å². The Hall–Kier alpha value is -3.93. The van der Waals surface area contributed by atoms with Crippen LogP contribution in [-0.2, 0) is 26.2 Å². The summed E-state index contributed by atoms with van der Waals surface area (Å²) in [6, 6.07) is 26.1. The molecule has 6 heteroatoms. The van der Waals surface area contributed by atoms with Gasteiger partial charge in [-0.1, -0.05) is 72.8 Å². The molecule has 168 valence electrons. The molecule has 3 aromatic carbocycles. The normalized spacial score (nSPS) is 13.6. The van der Waals surface area contributed by atoms with Crippen LogP contribution in [0.15, 0.2) is 84.9 Å². The Morgan fingerprint density at radius 2 is 1.45 bits per heavy atom. The zero-order valence-electron chi connectivity index (χ0n) is 18.3. The Morgan fingerprint density at radius 3 is 2.15 bits per heavy atom. The molecule has 0 spiro atoms. The number of benzene rings is 3. The lowest BCUT2D eigenvalue weighted by molar-refractivity contribution is -0.150. The summed E-state index contributed by atoms with van der Waals surface area (Å²) in [5, 5.41) is 5.57. The van der Waals surface area contributed by atoms with E-state index in [4.69, 9.17) is 4.74 Å². The predicted octanol–water partition coefficient (Wildman–Crippen LogP) is 3.87. The topological polar surface area (TPSA) is 84.5 Å². The Balaban J connectivity index is 1.30. The van der Waals surface area contributed by atoms with Gasteiger partial charge in [0.2, 0.25) is 0 Å². The maximum absolute atomic E-state index is 12.7. The van der Waals surface area contributed by atoms with Gasteiger partial charge in [-0.2, -0.15) is 0 Å². The Kier molecular flexibility index (Phi) is 6.83. The summed E-state index contributed by atoms with van der Waals surface area (Å²) in [4.78, 5) is 37.7. The molecule has 4 rings (SSSR count). The SMILES string of the molecule is O=C(COC(=O)C1(c2ccccc2)CC1)Nc1ccccc1C(=O)NCCc1ccccc1. The van der Waals surface area contributed by atoms with Crippen molar-refractivity contribution >= 4 is 23.5 Å². The number of rotatable bonds is 9. The number of amides is 2. The van der Waals surface area contributed by atoms with Gasteiger partial charge in [-0.3, -0.25) is 14.4 Å². The van der Waals surface area contributed by atoms with Crippen molar-refractivity contribution in [3.8, 4) is 0 Å². The van der Waals surface area contributed by atoms with Gasteiger partial charge in [0.25, 0.3) is 11.8 Å². The summed E-state index contributed by atoms with van der Waals surface area (Å²) >= 11 is 0. The average molecular weight is 443 g/mol. The number of carbonyl (C=O) groups excluding carboxylic acids is 3. The first-order valence-electron chi connectivity index (χ1n) is 11.0. The van der Waals surface area contributed by atoms with E-state index in [2.05, 4.69) is 10.6 Å². The van der Waals surface area contributed by atoms with E-state index in [1.165, 1.54) is 0 Å². The predicted molar refractivity (Wildman–Crippen MR) is 126 cm³/mol. The molecule has 1 saturated carbocycles. The molecule has 0 aromatic heterocycles. The summed E-state index contributed by atoms with van der Waals surface area (Å²) in [6.07, 6.45) is 2.13. The van der Waals surface area contributed by atoms with Crippen LogP contribution in [0.3, 0.4) is 0 Å². The number of carbonyl (C=O) groups is 3. The van der Waals surface area contributed by atoms with Crippen molar-refractivity contribution in [2.24, 2.45) is 0 Å². The number of para-hydroxylation sites is 1. The number of ether oxygens (including phenoxy) is 1. The Morgan fingerprint density at radius 1 is 0.818 bits per heavy atom. The van der Waals surface area contributed by atoms with Gasteiger partial charge in [0.05, 0.1) is 16.7 Å². The fourth-order valence-corrected chi connectivity index (χ4v) is 3.80. The molecule has 0 aliphatic heterocycles. The second-order valence-electron chi connectivity index (χ2n) is 8.11. The van der Waals surface area contributed by atoms with Gasteiger partial charge < -0.3 is 15.4 Å². The van der Waals surface area contributed by atoms with Crippen LogP contribution in [0.1, 0.15) is 34.3 Å². The third kappa shape index (κ3) is 5.47. The second-order valence-corrected chi connectivity index (χ2v) is 8.11. The smallest absolute Gasteiger partial charge is 0.317 e. The number of nitrogens with one attached hydrogen (secondary N) is 2. The van der Waals surface area contributed by atoms with E-state index in [1.807, 2.05) is 60.7 Å². The van der Waals surface area contributed by atoms with Crippen LogP contribution in [0, 0.1) is 0 Å². The highest BCUT2D eigenvalue weighted by molar-refractivity contribution is 6.04. The summed E-state index contributed by atoms with van der Waals surface area (Å²) in [5.74, 6) is -1.16. The number of hydrogen-bond acceptors (Lipinski definition) is 4. The fourth-order valence-electron chi connectivity index (χ4n) is 3.80. The standard InChI is InChI=1S/C27H26N2O4/c30-24(19-33-26(32)27(16-17-27)21-11-5-2-6-12-21)29-23-14-8-7-13-22(23)25(31)28-18-15-20-9-3-1-4-10-20/h1-14H,15-19H2,(H,28,31)(H,29,30).